The molecule has 96 valence electrons. The number of hydrogen-bond donors (Lipinski definition) is 0. The Morgan fingerprint density at radius 1 is 1.33 bits per heavy atom. The van der Waals surface area contributed by atoms with Gasteiger partial charge in [-0.3, -0.25) is 0 Å². The van der Waals surface area contributed by atoms with E-state index in [1.54, 1.807) is 0 Å². The predicted molar refractivity (Wildman–Crippen MR) is 77.3 cm³/mol. The first kappa shape index (κ1) is 13.1. The molecule has 0 aliphatic carbocycles. The van der Waals surface area contributed by atoms with Crippen LogP contribution in [-0.2, 0) is 4.74 Å². The van der Waals surface area contributed by atoms with Crippen LogP contribution in [0.15, 0.2) is 48.6 Å². The smallest absolute Gasteiger partial charge is 0.0797 e. The molecule has 0 bridgehead atoms. The van der Waals surface area contributed by atoms with Gasteiger partial charge in [-0.25, -0.2) is 0 Å². The molecule has 1 aromatic carbocycles. The molecule has 0 aromatic heterocycles. The Balaban J connectivity index is 2.24. The van der Waals surface area contributed by atoms with Gasteiger partial charge >= 0.3 is 0 Å². The van der Waals surface area contributed by atoms with E-state index in [4.69, 9.17) is 4.74 Å². The lowest BCUT2D eigenvalue weighted by Crippen LogP contribution is -2.12. The van der Waals surface area contributed by atoms with Gasteiger partial charge < -0.3 is 4.74 Å². The molecule has 0 saturated carbocycles. The zero-order valence-corrected chi connectivity index (χ0v) is 11.3. The molecule has 2 atom stereocenters. The van der Waals surface area contributed by atoms with Crippen molar-refractivity contribution in [2.75, 3.05) is 6.61 Å². The molecule has 1 fully saturated rings. The highest BCUT2D eigenvalue weighted by molar-refractivity contribution is 5.55. The SMILES string of the molecule is C=C[C@@H]1CO[C@@H](CC(C)C)/C1=C\c1ccccc1. The van der Waals surface area contributed by atoms with E-state index >= 15 is 0 Å². The van der Waals surface area contributed by atoms with Crippen molar-refractivity contribution in [1.29, 1.82) is 0 Å². The molecule has 2 rings (SSSR count). The first-order chi connectivity index (χ1) is 8.70. The van der Waals surface area contributed by atoms with E-state index in [1.807, 2.05) is 12.1 Å². The Labute approximate surface area is 110 Å². The van der Waals surface area contributed by atoms with Gasteiger partial charge in [0.05, 0.1) is 12.7 Å². The maximum Gasteiger partial charge on any atom is 0.0797 e. The molecule has 1 aromatic rings. The maximum atomic E-state index is 5.91. The third-order valence-corrected chi connectivity index (χ3v) is 3.38. The molecule has 0 amide bonds. The van der Waals surface area contributed by atoms with E-state index in [2.05, 4.69) is 50.8 Å². The fourth-order valence-corrected chi connectivity index (χ4v) is 2.43. The third kappa shape index (κ3) is 3.11. The topological polar surface area (TPSA) is 9.23 Å². The van der Waals surface area contributed by atoms with Crippen molar-refractivity contribution in [1.82, 2.24) is 0 Å². The second kappa shape index (κ2) is 6.01. The Morgan fingerprint density at radius 2 is 2.06 bits per heavy atom. The summed E-state index contributed by atoms with van der Waals surface area (Å²) in [5.41, 5.74) is 2.63. The van der Waals surface area contributed by atoms with Crippen LogP contribution in [0, 0.1) is 11.8 Å². The fraction of sp³-hybridized carbons (Fsp3) is 0.412. The van der Waals surface area contributed by atoms with Crippen LogP contribution in [0.5, 0.6) is 0 Å². The molecule has 0 spiro atoms. The fourth-order valence-electron chi connectivity index (χ4n) is 2.43. The summed E-state index contributed by atoms with van der Waals surface area (Å²) in [5, 5.41) is 0. The number of hydrogen-bond acceptors (Lipinski definition) is 1. The molecule has 1 heteroatoms. The minimum atomic E-state index is 0.258. The molecule has 0 radical (unpaired) electrons. The molecule has 1 aliphatic heterocycles. The first-order valence-corrected chi connectivity index (χ1v) is 6.71. The van der Waals surface area contributed by atoms with Crippen LogP contribution in [0.2, 0.25) is 0 Å². The largest absolute Gasteiger partial charge is 0.373 e. The third-order valence-electron chi connectivity index (χ3n) is 3.38. The Hall–Kier alpha value is -1.34. The van der Waals surface area contributed by atoms with Crippen LogP contribution < -0.4 is 0 Å². The van der Waals surface area contributed by atoms with Crippen molar-refractivity contribution < 1.29 is 4.74 Å². The zero-order valence-electron chi connectivity index (χ0n) is 11.3. The number of ether oxygens (including phenoxy) is 1. The highest BCUT2D eigenvalue weighted by atomic mass is 16.5. The molecule has 1 nitrogen and oxygen atoms in total. The van der Waals surface area contributed by atoms with Crippen molar-refractivity contribution >= 4 is 6.08 Å². The van der Waals surface area contributed by atoms with Crippen LogP contribution in [-0.4, -0.2) is 12.7 Å². The van der Waals surface area contributed by atoms with Crippen molar-refractivity contribution in [3.63, 3.8) is 0 Å². The summed E-state index contributed by atoms with van der Waals surface area (Å²) in [5.74, 6) is 1.02. The van der Waals surface area contributed by atoms with Gasteiger partial charge in [-0.15, -0.1) is 6.58 Å². The van der Waals surface area contributed by atoms with E-state index in [1.165, 1.54) is 11.1 Å². The van der Waals surface area contributed by atoms with Crippen molar-refractivity contribution in [3.8, 4) is 0 Å². The summed E-state index contributed by atoms with van der Waals surface area (Å²) < 4.78 is 5.91. The van der Waals surface area contributed by atoms with Gasteiger partial charge in [0.1, 0.15) is 0 Å². The molecule has 1 saturated heterocycles. The van der Waals surface area contributed by atoms with Gasteiger partial charge in [0, 0.05) is 5.92 Å². The minimum Gasteiger partial charge on any atom is -0.373 e. The molecular weight excluding hydrogens is 220 g/mol. The highest BCUT2D eigenvalue weighted by Gasteiger charge is 2.29. The monoisotopic (exact) mass is 242 g/mol. The summed E-state index contributed by atoms with van der Waals surface area (Å²) in [6.07, 6.45) is 5.62. The van der Waals surface area contributed by atoms with E-state index < -0.39 is 0 Å². The summed E-state index contributed by atoms with van der Waals surface area (Å²) in [6.45, 7) is 9.19. The second-order valence-corrected chi connectivity index (χ2v) is 5.35. The Morgan fingerprint density at radius 3 is 2.67 bits per heavy atom. The average molecular weight is 242 g/mol. The van der Waals surface area contributed by atoms with Crippen molar-refractivity contribution in [2.24, 2.45) is 11.8 Å². The highest BCUT2D eigenvalue weighted by Crippen LogP contribution is 2.32. The Bertz CT molecular complexity index is 416. The van der Waals surface area contributed by atoms with Crippen molar-refractivity contribution in [2.45, 2.75) is 26.4 Å². The van der Waals surface area contributed by atoms with Crippen molar-refractivity contribution in [3.05, 3.63) is 54.1 Å². The molecule has 1 aliphatic rings. The van der Waals surface area contributed by atoms with E-state index in [0.29, 0.717) is 11.8 Å². The predicted octanol–water partition coefficient (Wildman–Crippen LogP) is 4.32. The van der Waals surface area contributed by atoms with Crippen LogP contribution >= 0.6 is 0 Å². The van der Waals surface area contributed by atoms with Gasteiger partial charge in [-0.2, -0.15) is 0 Å². The zero-order chi connectivity index (χ0) is 13.0. The average Bonchev–Trinajstić information content (AvgIpc) is 2.72. The summed E-state index contributed by atoms with van der Waals surface area (Å²) in [6, 6.07) is 10.5. The van der Waals surface area contributed by atoms with Crippen LogP contribution in [0.4, 0.5) is 0 Å². The normalized spacial score (nSPS) is 25.8. The van der Waals surface area contributed by atoms with E-state index in [0.717, 1.165) is 13.0 Å². The Kier molecular flexibility index (Phi) is 4.38. The van der Waals surface area contributed by atoms with Gasteiger partial charge in [-0.1, -0.05) is 56.3 Å². The quantitative estimate of drug-likeness (QED) is 0.715. The van der Waals surface area contributed by atoms with Crippen LogP contribution in [0.1, 0.15) is 25.8 Å². The lowest BCUT2D eigenvalue weighted by Gasteiger charge is -2.15. The molecular formula is C17H22O. The van der Waals surface area contributed by atoms with Crippen LogP contribution in [0.25, 0.3) is 6.08 Å². The summed E-state index contributed by atoms with van der Waals surface area (Å²) in [7, 11) is 0. The van der Waals surface area contributed by atoms with Gasteiger partial charge in [0.15, 0.2) is 0 Å². The standard InChI is InChI=1S/C17H22O/c1-4-15-12-18-17(10-13(2)3)16(15)11-14-8-6-5-7-9-14/h4-9,11,13,15,17H,1,10,12H2,2-3H3/b16-11-/t15-,17+/m1/s1. The first-order valence-electron chi connectivity index (χ1n) is 6.71. The molecule has 18 heavy (non-hydrogen) atoms. The van der Waals surface area contributed by atoms with Gasteiger partial charge in [0.25, 0.3) is 0 Å². The second-order valence-electron chi connectivity index (χ2n) is 5.35. The van der Waals surface area contributed by atoms with E-state index in [9.17, 15) is 0 Å². The van der Waals surface area contributed by atoms with Crippen LogP contribution in [0.3, 0.4) is 0 Å². The van der Waals surface area contributed by atoms with Gasteiger partial charge in [-0.05, 0) is 23.5 Å². The molecule has 0 N–H and O–H groups in total. The summed E-state index contributed by atoms with van der Waals surface area (Å²) >= 11 is 0. The minimum absolute atomic E-state index is 0.258. The lowest BCUT2D eigenvalue weighted by molar-refractivity contribution is 0.104. The lowest BCUT2D eigenvalue weighted by atomic mass is 9.91. The molecule has 0 unspecified atom stereocenters. The number of benzene rings is 1. The maximum absolute atomic E-state index is 5.91. The number of rotatable bonds is 4. The van der Waals surface area contributed by atoms with Gasteiger partial charge in [0.2, 0.25) is 0 Å². The summed E-state index contributed by atoms with van der Waals surface area (Å²) in [4.78, 5) is 0. The van der Waals surface area contributed by atoms with E-state index in [-0.39, 0.29) is 6.10 Å². The molecule has 1 heterocycles.